The number of fused-ring (bicyclic) bond motifs is 1. The molecule has 9 heteroatoms. The Labute approximate surface area is 159 Å². The van der Waals surface area contributed by atoms with E-state index in [0.717, 1.165) is 11.4 Å². The maximum Gasteiger partial charge on any atom is 0.227 e. The summed E-state index contributed by atoms with van der Waals surface area (Å²) >= 11 is 0. The average Bonchev–Trinajstić information content (AvgIpc) is 3.39. The van der Waals surface area contributed by atoms with E-state index in [1.807, 2.05) is 12.1 Å². The van der Waals surface area contributed by atoms with Gasteiger partial charge in [0.05, 0.1) is 36.4 Å². The van der Waals surface area contributed by atoms with Gasteiger partial charge in [-0.25, -0.2) is 18.4 Å². The molecule has 0 aromatic carbocycles. The van der Waals surface area contributed by atoms with Gasteiger partial charge in [-0.3, -0.25) is 4.98 Å². The molecule has 5 rings (SSSR count). The minimum Gasteiger partial charge on any atom is -0.355 e. The largest absolute Gasteiger partial charge is 0.355 e. The van der Waals surface area contributed by atoms with Crippen molar-refractivity contribution in [2.75, 3.05) is 22.9 Å². The first-order valence-corrected chi connectivity index (χ1v) is 9.08. The van der Waals surface area contributed by atoms with E-state index in [0.29, 0.717) is 30.8 Å². The summed E-state index contributed by atoms with van der Waals surface area (Å²) in [7, 11) is 0. The fourth-order valence-electron chi connectivity index (χ4n) is 3.74. The number of hydrogen-bond acceptors (Lipinski definition) is 6. The van der Waals surface area contributed by atoms with Gasteiger partial charge in [0, 0.05) is 24.5 Å². The highest BCUT2D eigenvalue weighted by Crippen LogP contribution is 2.33. The summed E-state index contributed by atoms with van der Waals surface area (Å²) in [5, 5.41) is 15.0. The minimum atomic E-state index is -0.962. The average molecular weight is 384 g/mol. The van der Waals surface area contributed by atoms with Gasteiger partial charge in [-0.2, -0.15) is 5.10 Å². The van der Waals surface area contributed by atoms with Crippen molar-refractivity contribution in [2.45, 2.75) is 25.5 Å². The van der Waals surface area contributed by atoms with E-state index in [4.69, 9.17) is 0 Å². The molecule has 3 aromatic rings. The number of pyridine rings is 2. The molecular formula is C19H18F2N6O. The third kappa shape index (κ3) is 2.78. The molecule has 1 unspecified atom stereocenters. The minimum absolute atomic E-state index is 0.165. The normalized spacial score (nSPS) is 21.4. The Morgan fingerprint density at radius 2 is 2.11 bits per heavy atom. The van der Waals surface area contributed by atoms with Crippen LogP contribution in [0.1, 0.15) is 18.5 Å². The van der Waals surface area contributed by atoms with Crippen molar-refractivity contribution in [3.8, 4) is 11.3 Å². The number of hydrogen-bond donors (Lipinski definition) is 1. The molecule has 28 heavy (non-hydrogen) atoms. The Hall–Kier alpha value is -3.07. The van der Waals surface area contributed by atoms with E-state index in [2.05, 4.69) is 15.1 Å². The first kappa shape index (κ1) is 17.1. The fourth-order valence-corrected chi connectivity index (χ4v) is 3.74. The summed E-state index contributed by atoms with van der Waals surface area (Å²) in [6.07, 6.45) is 3.37. The molecule has 1 saturated heterocycles. The summed E-state index contributed by atoms with van der Waals surface area (Å²) in [5.74, 6) is -0.337. The molecule has 0 spiro atoms. The molecule has 0 aliphatic carbocycles. The second kappa shape index (κ2) is 6.52. The smallest absolute Gasteiger partial charge is 0.227 e. The molecule has 5 heterocycles. The molecule has 3 aromatic heterocycles. The molecule has 0 radical (unpaired) electrons. The molecule has 7 nitrogen and oxygen atoms in total. The maximum absolute atomic E-state index is 14.6. The number of aliphatic hydroxyl groups is 1. The lowest BCUT2D eigenvalue weighted by Gasteiger charge is -2.21. The molecule has 144 valence electrons. The van der Waals surface area contributed by atoms with Gasteiger partial charge in [-0.15, -0.1) is 0 Å². The highest BCUT2D eigenvalue weighted by Gasteiger charge is 2.31. The standard InChI is InChI=1S/C19H18F2N6O/c20-13-3-5-25(10-13)18-16(21)6-12(8-23-18)17-7-15-11-26(19(28)27(15)24-17)14-2-1-4-22-9-14/h1-2,4,6-9,13,19,28H,3,5,10-11H2/t13-,19?/m1/s1. The number of aromatic nitrogens is 4. The summed E-state index contributed by atoms with van der Waals surface area (Å²) in [4.78, 5) is 11.6. The Bertz CT molecular complexity index is 1010. The first-order chi connectivity index (χ1) is 13.6. The number of nitrogens with zero attached hydrogens (tertiary/aromatic N) is 6. The molecule has 0 bridgehead atoms. The Morgan fingerprint density at radius 3 is 2.79 bits per heavy atom. The van der Waals surface area contributed by atoms with Crippen LogP contribution in [0, 0.1) is 5.82 Å². The number of halogens is 2. The Balaban J connectivity index is 1.40. The van der Waals surface area contributed by atoms with Crippen LogP contribution in [0.25, 0.3) is 11.3 Å². The lowest BCUT2D eigenvalue weighted by atomic mass is 10.2. The van der Waals surface area contributed by atoms with Gasteiger partial charge in [-0.05, 0) is 30.7 Å². The van der Waals surface area contributed by atoms with E-state index >= 15 is 0 Å². The van der Waals surface area contributed by atoms with Crippen LogP contribution in [0.3, 0.4) is 0 Å². The van der Waals surface area contributed by atoms with Crippen molar-refractivity contribution in [1.82, 2.24) is 19.7 Å². The molecule has 0 saturated carbocycles. The molecular weight excluding hydrogens is 366 g/mol. The van der Waals surface area contributed by atoms with Crippen LogP contribution in [0.5, 0.6) is 0 Å². The van der Waals surface area contributed by atoms with Gasteiger partial charge in [0.1, 0.15) is 6.17 Å². The number of alkyl halides is 1. The van der Waals surface area contributed by atoms with Crippen molar-refractivity contribution >= 4 is 11.5 Å². The van der Waals surface area contributed by atoms with E-state index in [1.165, 1.54) is 16.9 Å². The van der Waals surface area contributed by atoms with Gasteiger partial charge in [0.15, 0.2) is 11.6 Å². The number of aliphatic hydroxyl groups excluding tert-OH is 1. The third-order valence-corrected chi connectivity index (χ3v) is 5.17. The maximum atomic E-state index is 14.6. The van der Waals surface area contributed by atoms with Gasteiger partial charge in [-0.1, -0.05) is 0 Å². The summed E-state index contributed by atoms with van der Waals surface area (Å²) < 4.78 is 29.4. The highest BCUT2D eigenvalue weighted by atomic mass is 19.1. The monoisotopic (exact) mass is 384 g/mol. The third-order valence-electron chi connectivity index (χ3n) is 5.17. The lowest BCUT2D eigenvalue weighted by Crippen LogP contribution is -2.24. The molecule has 0 amide bonds. The van der Waals surface area contributed by atoms with E-state index in [-0.39, 0.29) is 12.4 Å². The van der Waals surface area contributed by atoms with Crippen LogP contribution in [0.4, 0.5) is 20.3 Å². The van der Waals surface area contributed by atoms with Gasteiger partial charge in [0.2, 0.25) is 6.35 Å². The quantitative estimate of drug-likeness (QED) is 0.748. The number of rotatable bonds is 3. The molecule has 2 atom stereocenters. The topological polar surface area (TPSA) is 70.3 Å². The molecule has 2 aliphatic rings. The second-order valence-electron chi connectivity index (χ2n) is 7.01. The van der Waals surface area contributed by atoms with E-state index in [1.54, 1.807) is 28.3 Å². The zero-order chi connectivity index (χ0) is 19.3. The molecule has 1 N–H and O–H groups in total. The highest BCUT2D eigenvalue weighted by molar-refractivity contribution is 5.62. The van der Waals surface area contributed by atoms with Gasteiger partial charge in [0.25, 0.3) is 0 Å². The van der Waals surface area contributed by atoms with Crippen molar-refractivity contribution in [2.24, 2.45) is 0 Å². The molecule has 2 aliphatic heterocycles. The SMILES string of the molecule is OC1N(c2cccnc2)Cc2cc(-c3cnc(N4CC[C@@H](F)C4)c(F)c3)nn21. The van der Waals surface area contributed by atoms with Crippen LogP contribution in [-0.4, -0.2) is 44.1 Å². The molecule has 1 fully saturated rings. The zero-order valence-corrected chi connectivity index (χ0v) is 14.9. The second-order valence-corrected chi connectivity index (χ2v) is 7.01. The van der Waals surface area contributed by atoms with Crippen LogP contribution in [-0.2, 0) is 6.54 Å². The summed E-state index contributed by atoms with van der Waals surface area (Å²) in [5.41, 5.74) is 2.63. The van der Waals surface area contributed by atoms with E-state index < -0.39 is 18.3 Å². The van der Waals surface area contributed by atoms with E-state index in [9.17, 15) is 13.9 Å². The first-order valence-electron chi connectivity index (χ1n) is 9.08. The predicted octanol–water partition coefficient (Wildman–Crippen LogP) is 2.50. The van der Waals surface area contributed by atoms with Crippen molar-refractivity contribution < 1.29 is 13.9 Å². The predicted molar refractivity (Wildman–Crippen MR) is 98.8 cm³/mol. The van der Waals surface area contributed by atoms with Crippen LogP contribution < -0.4 is 9.80 Å². The van der Waals surface area contributed by atoms with Crippen molar-refractivity contribution in [1.29, 1.82) is 0 Å². The van der Waals surface area contributed by atoms with Gasteiger partial charge < -0.3 is 14.9 Å². The van der Waals surface area contributed by atoms with Crippen LogP contribution in [0.15, 0.2) is 42.9 Å². The lowest BCUT2D eigenvalue weighted by molar-refractivity contribution is 0.103. The summed E-state index contributed by atoms with van der Waals surface area (Å²) in [6, 6.07) is 6.83. The van der Waals surface area contributed by atoms with Crippen molar-refractivity contribution in [3.63, 3.8) is 0 Å². The summed E-state index contributed by atoms with van der Waals surface area (Å²) in [6.45, 7) is 1.08. The zero-order valence-electron chi connectivity index (χ0n) is 14.9. The van der Waals surface area contributed by atoms with Gasteiger partial charge >= 0.3 is 0 Å². The van der Waals surface area contributed by atoms with Crippen LogP contribution >= 0.6 is 0 Å². The fraction of sp³-hybridized carbons (Fsp3) is 0.316. The number of anilines is 2. The Morgan fingerprint density at radius 1 is 1.21 bits per heavy atom. The van der Waals surface area contributed by atoms with Crippen LogP contribution in [0.2, 0.25) is 0 Å². The Kier molecular flexibility index (Phi) is 3.97. The van der Waals surface area contributed by atoms with Crippen molar-refractivity contribution in [3.05, 3.63) is 54.4 Å².